The first-order chi connectivity index (χ1) is 13.3. The quantitative estimate of drug-likeness (QED) is 0.321. The average molecular weight is 365 g/mol. The Kier molecular flexibility index (Phi) is 2.94. The zero-order valence-corrected chi connectivity index (χ0v) is 15.2. The molecule has 0 fully saturated rings. The second kappa shape index (κ2) is 5.35. The van der Waals surface area contributed by atoms with E-state index in [0.717, 1.165) is 16.6 Å². The van der Waals surface area contributed by atoms with Gasteiger partial charge in [-0.1, -0.05) is 60.7 Å². The van der Waals surface area contributed by atoms with Crippen LogP contribution in [-0.2, 0) is 0 Å². The molecule has 6 aromatic rings. The van der Waals surface area contributed by atoms with E-state index >= 15 is 0 Å². The predicted octanol–water partition coefficient (Wildman–Crippen LogP) is 7.06. The van der Waals surface area contributed by atoms with E-state index in [9.17, 15) is 5.11 Å². The molecule has 2 heterocycles. The van der Waals surface area contributed by atoms with E-state index in [0.29, 0.717) is 5.75 Å². The average Bonchev–Trinajstić information content (AvgIpc) is 3.24. The van der Waals surface area contributed by atoms with Crippen LogP contribution in [0.4, 0.5) is 0 Å². The molecule has 27 heavy (non-hydrogen) atoms. The summed E-state index contributed by atoms with van der Waals surface area (Å²) in [5.41, 5.74) is 4.28. The number of rotatable bonds is 1. The van der Waals surface area contributed by atoms with Crippen LogP contribution in [0.2, 0.25) is 0 Å². The van der Waals surface area contributed by atoms with Gasteiger partial charge in [-0.05, 0) is 29.1 Å². The summed E-state index contributed by atoms with van der Waals surface area (Å²) in [5, 5.41) is 15.3. The molecule has 4 aromatic carbocycles. The van der Waals surface area contributed by atoms with E-state index in [4.69, 9.17) is 0 Å². The topological polar surface area (TPSA) is 36.0 Å². The summed E-state index contributed by atoms with van der Waals surface area (Å²) in [7, 11) is 0. The van der Waals surface area contributed by atoms with E-state index < -0.39 is 0 Å². The molecule has 0 atom stereocenters. The van der Waals surface area contributed by atoms with Crippen molar-refractivity contribution in [3.05, 3.63) is 78.9 Å². The highest BCUT2D eigenvalue weighted by Gasteiger charge is 2.17. The molecule has 2 N–H and O–H groups in total. The fraction of sp³-hybridized carbons (Fsp3) is 0. The highest BCUT2D eigenvalue weighted by atomic mass is 32.1. The van der Waals surface area contributed by atoms with Crippen LogP contribution >= 0.6 is 11.3 Å². The highest BCUT2D eigenvalue weighted by molar-refractivity contribution is 7.26. The number of phenolic OH excluding ortho intramolecular Hbond substituents is 1. The molecule has 0 amide bonds. The van der Waals surface area contributed by atoms with Crippen LogP contribution in [0.1, 0.15) is 0 Å². The van der Waals surface area contributed by atoms with Gasteiger partial charge in [0.25, 0.3) is 0 Å². The number of phenols is 1. The number of thiophene rings is 1. The Hall–Kier alpha value is -3.30. The standard InChI is InChI=1S/C24H15NOS/c26-19-11-4-2-7-15(19)16-9-5-6-14-12-13-20-22(21(14)16)23-24(27-20)17-8-1-3-10-18(17)25-23/h1-13,25-26H. The minimum absolute atomic E-state index is 0.310. The molecule has 0 saturated heterocycles. The van der Waals surface area contributed by atoms with E-state index in [1.807, 2.05) is 29.5 Å². The minimum atomic E-state index is 0.310. The fourth-order valence-corrected chi connectivity index (χ4v) is 5.33. The van der Waals surface area contributed by atoms with Crippen LogP contribution in [0.3, 0.4) is 0 Å². The molecule has 0 aliphatic carbocycles. The second-order valence-electron chi connectivity index (χ2n) is 6.84. The number of benzene rings is 4. The Bertz CT molecular complexity index is 1490. The van der Waals surface area contributed by atoms with Crippen LogP contribution in [0.5, 0.6) is 5.75 Å². The van der Waals surface area contributed by atoms with Crippen molar-refractivity contribution in [1.29, 1.82) is 0 Å². The maximum Gasteiger partial charge on any atom is 0.123 e. The number of aromatic nitrogens is 1. The Balaban J connectivity index is 1.86. The Morgan fingerprint density at radius 2 is 1.52 bits per heavy atom. The molecule has 0 radical (unpaired) electrons. The number of hydrogen-bond donors (Lipinski definition) is 2. The summed E-state index contributed by atoms with van der Waals surface area (Å²) in [6, 6.07) is 26.7. The molecule has 128 valence electrons. The van der Waals surface area contributed by atoms with Gasteiger partial charge in [-0.3, -0.25) is 0 Å². The number of para-hydroxylation sites is 2. The monoisotopic (exact) mass is 365 g/mol. The summed E-state index contributed by atoms with van der Waals surface area (Å²) in [4.78, 5) is 3.63. The molecule has 2 aromatic heterocycles. The normalized spacial score (nSPS) is 11.9. The van der Waals surface area contributed by atoms with E-state index in [1.165, 1.54) is 36.5 Å². The summed E-state index contributed by atoms with van der Waals surface area (Å²) in [6.45, 7) is 0. The number of H-pyrrole nitrogens is 1. The molecule has 0 unspecified atom stereocenters. The van der Waals surface area contributed by atoms with Crippen LogP contribution in [0.25, 0.3) is 53.1 Å². The summed E-state index contributed by atoms with van der Waals surface area (Å²) >= 11 is 1.83. The number of hydrogen-bond acceptors (Lipinski definition) is 2. The lowest BCUT2D eigenvalue weighted by molar-refractivity contribution is 0.477. The second-order valence-corrected chi connectivity index (χ2v) is 7.89. The third-order valence-electron chi connectivity index (χ3n) is 5.32. The lowest BCUT2D eigenvalue weighted by Crippen LogP contribution is -1.83. The molecule has 2 nitrogen and oxygen atoms in total. The first kappa shape index (κ1) is 14.8. The number of fused-ring (bicyclic) bond motifs is 7. The molecular weight excluding hydrogens is 350 g/mol. The van der Waals surface area contributed by atoms with Crippen LogP contribution in [0.15, 0.2) is 78.9 Å². The van der Waals surface area contributed by atoms with Crippen molar-refractivity contribution in [2.75, 3.05) is 0 Å². The van der Waals surface area contributed by atoms with Crippen molar-refractivity contribution >= 4 is 53.3 Å². The molecule has 6 rings (SSSR count). The highest BCUT2D eigenvalue weighted by Crippen LogP contribution is 2.45. The lowest BCUT2D eigenvalue weighted by atomic mass is 9.95. The van der Waals surface area contributed by atoms with Gasteiger partial charge < -0.3 is 10.1 Å². The maximum atomic E-state index is 10.5. The van der Waals surface area contributed by atoms with Gasteiger partial charge in [-0.25, -0.2) is 0 Å². The van der Waals surface area contributed by atoms with Crippen LogP contribution in [-0.4, -0.2) is 10.1 Å². The molecule has 0 saturated carbocycles. The van der Waals surface area contributed by atoms with Gasteiger partial charge in [0.1, 0.15) is 5.75 Å². The van der Waals surface area contributed by atoms with Crippen LogP contribution in [0, 0.1) is 0 Å². The SMILES string of the molecule is Oc1ccccc1-c1cccc2ccc3sc4c5ccccc5[nH]c4c3c12. The summed E-state index contributed by atoms with van der Waals surface area (Å²) in [5.74, 6) is 0.310. The minimum Gasteiger partial charge on any atom is -0.507 e. The molecule has 0 aliphatic rings. The third kappa shape index (κ3) is 2.00. The Morgan fingerprint density at radius 1 is 0.704 bits per heavy atom. The van der Waals surface area contributed by atoms with E-state index in [-0.39, 0.29) is 0 Å². The first-order valence-electron chi connectivity index (χ1n) is 8.94. The van der Waals surface area contributed by atoms with Gasteiger partial charge in [0.15, 0.2) is 0 Å². The molecule has 0 bridgehead atoms. The van der Waals surface area contributed by atoms with Crippen LogP contribution < -0.4 is 0 Å². The van der Waals surface area contributed by atoms with E-state index in [2.05, 4.69) is 59.6 Å². The molecule has 0 aliphatic heterocycles. The van der Waals surface area contributed by atoms with Crippen molar-refractivity contribution in [2.24, 2.45) is 0 Å². The fourth-order valence-electron chi connectivity index (χ4n) is 4.13. The van der Waals surface area contributed by atoms with E-state index in [1.54, 1.807) is 6.07 Å². The smallest absolute Gasteiger partial charge is 0.123 e. The molecule has 0 spiro atoms. The number of aromatic amines is 1. The molecular formula is C24H15NOS. The lowest BCUT2D eigenvalue weighted by Gasteiger charge is -2.10. The van der Waals surface area contributed by atoms with Gasteiger partial charge in [-0.2, -0.15) is 0 Å². The third-order valence-corrected chi connectivity index (χ3v) is 6.51. The summed E-state index contributed by atoms with van der Waals surface area (Å²) < 4.78 is 2.55. The van der Waals surface area contributed by atoms with Crippen molar-refractivity contribution in [2.45, 2.75) is 0 Å². The Morgan fingerprint density at radius 3 is 2.44 bits per heavy atom. The van der Waals surface area contributed by atoms with Gasteiger partial charge in [0.2, 0.25) is 0 Å². The largest absolute Gasteiger partial charge is 0.507 e. The van der Waals surface area contributed by atoms with Gasteiger partial charge in [0.05, 0.1) is 10.2 Å². The van der Waals surface area contributed by atoms with Crippen molar-refractivity contribution < 1.29 is 5.11 Å². The van der Waals surface area contributed by atoms with Crippen molar-refractivity contribution in [3.8, 4) is 16.9 Å². The predicted molar refractivity (Wildman–Crippen MR) is 116 cm³/mol. The van der Waals surface area contributed by atoms with Gasteiger partial charge in [-0.15, -0.1) is 11.3 Å². The number of nitrogens with one attached hydrogen (secondary N) is 1. The zero-order chi connectivity index (χ0) is 18.0. The first-order valence-corrected chi connectivity index (χ1v) is 9.76. The Labute approximate surface area is 159 Å². The van der Waals surface area contributed by atoms with Gasteiger partial charge >= 0.3 is 0 Å². The number of aromatic hydroxyl groups is 1. The maximum absolute atomic E-state index is 10.5. The summed E-state index contributed by atoms with van der Waals surface area (Å²) in [6.07, 6.45) is 0. The molecule has 3 heteroatoms. The van der Waals surface area contributed by atoms with Crippen molar-refractivity contribution in [1.82, 2.24) is 4.98 Å². The zero-order valence-electron chi connectivity index (χ0n) is 14.4. The van der Waals surface area contributed by atoms with Crippen molar-refractivity contribution in [3.63, 3.8) is 0 Å². The van der Waals surface area contributed by atoms with Gasteiger partial charge in [0, 0.05) is 31.9 Å².